The van der Waals surface area contributed by atoms with E-state index in [0.717, 1.165) is 25.2 Å². The minimum atomic E-state index is -0.494. The van der Waals surface area contributed by atoms with Crippen molar-refractivity contribution in [3.05, 3.63) is 20.3 Å². The highest BCUT2D eigenvalue weighted by Gasteiger charge is 2.41. The predicted molar refractivity (Wildman–Crippen MR) is 73.7 cm³/mol. The Labute approximate surface area is 118 Å². The van der Waals surface area contributed by atoms with E-state index in [2.05, 4.69) is 14.9 Å². The second-order valence-corrected chi connectivity index (χ2v) is 5.58. The largest absolute Gasteiger partial charge is 0.350 e. The van der Waals surface area contributed by atoms with Gasteiger partial charge in [0.2, 0.25) is 0 Å². The second-order valence-electron chi connectivity index (χ2n) is 4.50. The predicted octanol–water partition coefficient (Wildman–Crippen LogP) is 0.718. The highest BCUT2D eigenvalue weighted by molar-refractivity contribution is 14.1. The van der Waals surface area contributed by atoms with Crippen molar-refractivity contribution in [2.75, 3.05) is 31.2 Å². The maximum absolute atomic E-state index is 11.6. The van der Waals surface area contributed by atoms with E-state index in [1.165, 1.54) is 6.33 Å². The van der Waals surface area contributed by atoms with Crippen molar-refractivity contribution >= 4 is 28.4 Å². The topological polar surface area (TPSA) is 67.5 Å². The second kappa shape index (κ2) is 4.78. The minimum Gasteiger partial charge on any atom is -0.350 e. The maximum Gasteiger partial charge on any atom is 0.266 e. The molecule has 0 unspecified atom stereocenters. The fourth-order valence-corrected chi connectivity index (χ4v) is 3.13. The monoisotopic (exact) mass is 363 g/mol. The maximum atomic E-state index is 11.6. The first kappa shape index (κ1) is 12.4. The number of aromatic nitrogens is 2. The molecule has 0 amide bonds. The number of halogens is 1. The molecule has 2 fully saturated rings. The van der Waals surface area contributed by atoms with Crippen LogP contribution in [0.25, 0.3) is 0 Å². The molecule has 3 heterocycles. The number of aromatic amines is 1. The quantitative estimate of drug-likeness (QED) is 0.745. The van der Waals surface area contributed by atoms with Gasteiger partial charge in [0, 0.05) is 13.0 Å². The molecule has 2 aliphatic rings. The van der Waals surface area contributed by atoms with Crippen LogP contribution in [0.5, 0.6) is 0 Å². The lowest BCUT2D eigenvalue weighted by molar-refractivity contribution is -0.161. The third-order valence-electron chi connectivity index (χ3n) is 3.31. The normalized spacial score (nSPS) is 22.6. The van der Waals surface area contributed by atoms with Gasteiger partial charge in [-0.05, 0) is 29.0 Å². The minimum absolute atomic E-state index is 0.103. The van der Waals surface area contributed by atoms with Gasteiger partial charge in [0.15, 0.2) is 5.79 Å². The van der Waals surface area contributed by atoms with Crippen molar-refractivity contribution in [3.63, 3.8) is 0 Å². The SMILES string of the molecule is O=c1[nH]cnc(N2CCCC3(C2)OCCO3)c1I. The lowest BCUT2D eigenvalue weighted by atomic mass is 10.0. The summed E-state index contributed by atoms with van der Waals surface area (Å²) in [7, 11) is 0. The van der Waals surface area contributed by atoms with E-state index >= 15 is 0 Å². The summed E-state index contributed by atoms with van der Waals surface area (Å²) in [5, 5.41) is 0. The third kappa shape index (κ3) is 2.14. The number of rotatable bonds is 1. The summed E-state index contributed by atoms with van der Waals surface area (Å²) >= 11 is 2.03. The van der Waals surface area contributed by atoms with Gasteiger partial charge in [0.25, 0.3) is 5.56 Å². The Kier molecular flexibility index (Phi) is 3.29. The zero-order valence-electron chi connectivity index (χ0n) is 9.82. The molecular formula is C11H14IN3O3. The first-order valence-electron chi connectivity index (χ1n) is 5.96. The van der Waals surface area contributed by atoms with Crippen LogP contribution in [-0.2, 0) is 9.47 Å². The highest BCUT2D eigenvalue weighted by atomic mass is 127. The summed E-state index contributed by atoms with van der Waals surface area (Å²) in [6, 6.07) is 0. The molecule has 0 bridgehead atoms. The molecule has 98 valence electrons. The zero-order chi connectivity index (χ0) is 12.6. The molecule has 1 N–H and O–H groups in total. The van der Waals surface area contributed by atoms with Crippen molar-refractivity contribution < 1.29 is 9.47 Å². The summed E-state index contributed by atoms with van der Waals surface area (Å²) in [6.07, 6.45) is 3.32. The molecule has 0 saturated carbocycles. The summed E-state index contributed by atoms with van der Waals surface area (Å²) < 4.78 is 12.1. The van der Waals surface area contributed by atoms with E-state index in [4.69, 9.17) is 9.47 Å². The molecule has 0 aliphatic carbocycles. The van der Waals surface area contributed by atoms with Gasteiger partial charge in [-0.3, -0.25) is 4.79 Å². The van der Waals surface area contributed by atoms with Crippen LogP contribution in [-0.4, -0.2) is 42.1 Å². The number of piperidine rings is 1. The van der Waals surface area contributed by atoms with Crippen molar-refractivity contribution in [1.29, 1.82) is 0 Å². The Morgan fingerprint density at radius 3 is 3.00 bits per heavy atom. The molecular weight excluding hydrogens is 349 g/mol. The van der Waals surface area contributed by atoms with Gasteiger partial charge in [0.05, 0.1) is 26.1 Å². The molecule has 0 radical (unpaired) electrons. The van der Waals surface area contributed by atoms with Crippen LogP contribution in [0.1, 0.15) is 12.8 Å². The van der Waals surface area contributed by atoms with Crippen LogP contribution in [0.4, 0.5) is 5.82 Å². The first-order valence-corrected chi connectivity index (χ1v) is 7.04. The van der Waals surface area contributed by atoms with Crippen LogP contribution >= 0.6 is 22.6 Å². The Morgan fingerprint density at radius 2 is 2.22 bits per heavy atom. The van der Waals surface area contributed by atoms with Gasteiger partial charge < -0.3 is 19.4 Å². The fourth-order valence-electron chi connectivity index (χ4n) is 2.50. The Hall–Kier alpha value is -0.670. The van der Waals surface area contributed by atoms with Crippen LogP contribution in [0.3, 0.4) is 0 Å². The van der Waals surface area contributed by atoms with Crippen molar-refractivity contribution in [2.24, 2.45) is 0 Å². The molecule has 18 heavy (non-hydrogen) atoms. The number of nitrogens with zero attached hydrogens (tertiary/aromatic N) is 2. The molecule has 1 aromatic heterocycles. The standard InChI is InChI=1S/C11H14IN3O3/c12-8-9(13-7-14-10(8)16)15-3-1-2-11(6-15)17-4-5-18-11/h7H,1-6H2,(H,13,14,16). The molecule has 2 saturated heterocycles. The summed E-state index contributed by atoms with van der Waals surface area (Å²) in [5.41, 5.74) is -0.103. The van der Waals surface area contributed by atoms with Gasteiger partial charge in [-0.25, -0.2) is 4.98 Å². The number of hydrogen-bond acceptors (Lipinski definition) is 5. The summed E-state index contributed by atoms with van der Waals surface area (Å²) in [4.78, 5) is 20.5. The Morgan fingerprint density at radius 1 is 1.44 bits per heavy atom. The third-order valence-corrected chi connectivity index (χ3v) is 4.28. The lowest BCUT2D eigenvalue weighted by Gasteiger charge is -2.39. The van der Waals surface area contributed by atoms with Gasteiger partial charge in [-0.15, -0.1) is 0 Å². The number of H-pyrrole nitrogens is 1. The van der Waals surface area contributed by atoms with Gasteiger partial charge in [-0.2, -0.15) is 0 Å². The van der Waals surface area contributed by atoms with Crippen molar-refractivity contribution in [2.45, 2.75) is 18.6 Å². The van der Waals surface area contributed by atoms with E-state index in [1.54, 1.807) is 0 Å². The van der Waals surface area contributed by atoms with Gasteiger partial charge >= 0.3 is 0 Å². The smallest absolute Gasteiger partial charge is 0.266 e. The Bertz CT molecular complexity index is 499. The zero-order valence-corrected chi connectivity index (χ0v) is 12.0. The Balaban J connectivity index is 1.88. The van der Waals surface area contributed by atoms with Crippen molar-refractivity contribution in [1.82, 2.24) is 9.97 Å². The van der Waals surface area contributed by atoms with Gasteiger partial charge in [0.1, 0.15) is 9.39 Å². The average molecular weight is 363 g/mol. The molecule has 6 nitrogen and oxygen atoms in total. The molecule has 2 aliphatic heterocycles. The van der Waals surface area contributed by atoms with Crippen LogP contribution in [0.2, 0.25) is 0 Å². The summed E-state index contributed by atoms with van der Waals surface area (Å²) in [5.74, 6) is 0.225. The molecule has 0 atom stereocenters. The van der Waals surface area contributed by atoms with Gasteiger partial charge in [-0.1, -0.05) is 0 Å². The van der Waals surface area contributed by atoms with Crippen molar-refractivity contribution in [3.8, 4) is 0 Å². The molecule has 1 spiro atoms. The first-order chi connectivity index (χ1) is 8.70. The lowest BCUT2D eigenvalue weighted by Crippen LogP contribution is -2.49. The number of anilines is 1. The van der Waals surface area contributed by atoms with E-state index in [-0.39, 0.29) is 5.56 Å². The van der Waals surface area contributed by atoms with E-state index in [9.17, 15) is 4.79 Å². The van der Waals surface area contributed by atoms with Crippen LogP contribution < -0.4 is 10.5 Å². The molecule has 0 aromatic carbocycles. The molecule has 7 heteroatoms. The number of hydrogen-bond donors (Lipinski definition) is 1. The highest BCUT2D eigenvalue weighted by Crippen LogP contribution is 2.32. The number of ether oxygens (including phenoxy) is 2. The molecule has 3 rings (SSSR count). The van der Waals surface area contributed by atoms with Crippen LogP contribution in [0, 0.1) is 3.57 Å². The van der Waals surface area contributed by atoms with Crippen LogP contribution in [0.15, 0.2) is 11.1 Å². The average Bonchev–Trinajstić information content (AvgIpc) is 2.81. The van der Waals surface area contributed by atoms with E-state index in [1.807, 2.05) is 22.6 Å². The molecule has 1 aromatic rings. The fraction of sp³-hybridized carbons (Fsp3) is 0.636. The number of nitrogens with one attached hydrogen (secondary N) is 1. The van der Waals surface area contributed by atoms with E-state index in [0.29, 0.717) is 23.3 Å². The summed E-state index contributed by atoms with van der Waals surface area (Å²) in [6.45, 7) is 2.81. The van der Waals surface area contributed by atoms with E-state index < -0.39 is 5.79 Å².